The first-order chi connectivity index (χ1) is 17.9. The van der Waals surface area contributed by atoms with E-state index in [1.807, 2.05) is 41.1 Å². The number of nitrogens with zero attached hydrogens (tertiary/aromatic N) is 3. The van der Waals surface area contributed by atoms with E-state index in [0.29, 0.717) is 41.6 Å². The predicted octanol–water partition coefficient (Wildman–Crippen LogP) is 5.18. The van der Waals surface area contributed by atoms with Crippen molar-refractivity contribution >= 4 is 40.9 Å². The Balaban J connectivity index is 1.33. The second kappa shape index (κ2) is 10.3. The third kappa shape index (κ3) is 5.10. The van der Waals surface area contributed by atoms with Gasteiger partial charge in [-0.1, -0.05) is 48.0 Å². The number of hydrogen-bond acceptors (Lipinski definition) is 5. The number of nitrogens with one attached hydrogen (secondary N) is 1. The van der Waals surface area contributed by atoms with Crippen LogP contribution in [0.2, 0.25) is 5.02 Å². The molecule has 2 amide bonds. The lowest BCUT2D eigenvalue weighted by Crippen LogP contribution is -2.36. The summed E-state index contributed by atoms with van der Waals surface area (Å²) in [5.74, 6) is -0.171. The molecule has 0 atom stereocenters. The zero-order valence-electron chi connectivity index (χ0n) is 20.0. The molecule has 37 heavy (non-hydrogen) atoms. The summed E-state index contributed by atoms with van der Waals surface area (Å²) in [6.07, 6.45) is 0.351. The Hall–Kier alpha value is -4.43. The summed E-state index contributed by atoms with van der Waals surface area (Å²) >= 11 is 6.14. The number of hydrogen-bond donors (Lipinski definition) is 1. The minimum Gasteiger partial charge on any atom is -0.465 e. The Labute approximate surface area is 218 Å². The fraction of sp³-hybridized carbons (Fsp3) is 0.143. The molecule has 8 nitrogen and oxygen atoms in total. The van der Waals surface area contributed by atoms with Crippen LogP contribution in [0, 0.1) is 0 Å². The molecule has 1 N–H and O–H groups in total. The van der Waals surface area contributed by atoms with Gasteiger partial charge in [0.2, 0.25) is 5.91 Å². The fourth-order valence-corrected chi connectivity index (χ4v) is 4.42. The molecular formula is C28H23ClN4O4. The minimum absolute atomic E-state index is 0.00582. The van der Waals surface area contributed by atoms with Crippen LogP contribution in [0.5, 0.6) is 0 Å². The van der Waals surface area contributed by atoms with Crippen LogP contribution < -0.4 is 10.2 Å². The zero-order chi connectivity index (χ0) is 25.9. The highest BCUT2D eigenvalue weighted by Crippen LogP contribution is 2.30. The molecule has 0 saturated carbocycles. The third-order valence-corrected chi connectivity index (χ3v) is 6.37. The Bertz CT molecular complexity index is 1500. The molecule has 0 aliphatic carbocycles. The number of rotatable bonds is 6. The van der Waals surface area contributed by atoms with E-state index in [4.69, 9.17) is 16.3 Å². The highest BCUT2D eigenvalue weighted by Gasteiger charge is 2.27. The Kier molecular flexibility index (Phi) is 6.74. The Morgan fingerprint density at radius 3 is 2.57 bits per heavy atom. The molecule has 1 aliphatic heterocycles. The van der Waals surface area contributed by atoms with Gasteiger partial charge in [-0.3, -0.25) is 14.5 Å². The summed E-state index contributed by atoms with van der Waals surface area (Å²) in [6, 6.07) is 23.0. The first kappa shape index (κ1) is 24.3. The van der Waals surface area contributed by atoms with Crippen molar-refractivity contribution in [1.29, 1.82) is 0 Å². The fourth-order valence-electron chi connectivity index (χ4n) is 4.23. The van der Waals surface area contributed by atoms with Gasteiger partial charge in [-0.2, -0.15) is 5.10 Å². The lowest BCUT2D eigenvalue weighted by molar-refractivity contribution is -0.119. The van der Waals surface area contributed by atoms with Crippen molar-refractivity contribution < 1.29 is 19.1 Å². The number of anilines is 2. The smallest absolute Gasteiger partial charge is 0.339 e. The van der Waals surface area contributed by atoms with Crippen LogP contribution in [0.1, 0.15) is 32.7 Å². The van der Waals surface area contributed by atoms with Gasteiger partial charge >= 0.3 is 5.97 Å². The molecule has 0 radical (unpaired) electrons. The lowest BCUT2D eigenvalue weighted by Gasteiger charge is -2.27. The van der Waals surface area contributed by atoms with E-state index < -0.39 is 5.97 Å². The van der Waals surface area contributed by atoms with Gasteiger partial charge in [-0.15, -0.1) is 0 Å². The van der Waals surface area contributed by atoms with Crippen LogP contribution in [0.25, 0.3) is 11.3 Å². The van der Waals surface area contributed by atoms with E-state index in [1.54, 1.807) is 47.4 Å². The number of carbonyl (C=O) groups is 3. The van der Waals surface area contributed by atoms with E-state index in [-0.39, 0.29) is 17.4 Å². The normalized spacial score (nSPS) is 12.7. The summed E-state index contributed by atoms with van der Waals surface area (Å²) in [7, 11) is 1.29. The maximum atomic E-state index is 12.8. The molecule has 0 unspecified atom stereocenters. The first-order valence-electron chi connectivity index (χ1n) is 11.6. The first-order valence-corrected chi connectivity index (χ1v) is 12.0. The van der Waals surface area contributed by atoms with Gasteiger partial charge < -0.3 is 10.1 Å². The molecule has 0 bridgehead atoms. The van der Waals surface area contributed by atoms with Crippen molar-refractivity contribution in [1.82, 2.24) is 9.78 Å². The van der Waals surface area contributed by atoms with Crippen molar-refractivity contribution in [3.63, 3.8) is 0 Å². The number of methoxy groups -OCH3 is 1. The summed E-state index contributed by atoms with van der Waals surface area (Å²) in [5.41, 5.74) is 3.54. The number of benzene rings is 3. The molecule has 1 aliphatic rings. The number of aryl methyl sites for hydroxylation is 1. The van der Waals surface area contributed by atoms with Crippen LogP contribution in [0.4, 0.5) is 11.5 Å². The highest BCUT2D eigenvalue weighted by molar-refractivity contribution is 6.30. The van der Waals surface area contributed by atoms with Crippen LogP contribution in [-0.2, 0) is 22.6 Å². The van der Waals surface area contributed by atoms with E-state index in [9.17, 15) is 14.4 Å². The summed E-state index contributed by atoms with van der Waals surface area (Å²) in [4.78, 5) is 39.3. The average Bonchev–Trinajstić information content (AvgIpc) is 3.35. The number of ether oxygens (including phenoxy) is 1. The molecule has 3 aromatic carbocycles. The van der Waals surface area contributed by atoms with E-state index in [1.165, 1.54) is 7.11 Å². The Morgan fingerprint density at radius 1 is 1.03 bits per heavy atom. The van der Waals surface area contributed by atoms with Crippen molar-refractivity contribution in [3.8, 4) is 11.3 Å². The number of para-hydroxylation sites is 1. The molecule has 0 fully saturated rings. The maximum Gasteiger partial charge on any atom is 0.339 e. The van der Waals surface area contributed by atoms with Crippen LogP contribution in [0.3, 0.4) is 0 Å². The van der Waals surface area contributed by atoms with Crippen molar-refractivity contribution in [2.45, 2.75) is 19.5 Å². The standard InChI is InChI=1S/C28H23ClN4O4/c1-37-28(36)22-7-2-3-8-23(22)30-27(35)19-11-9-18(10-12-19)17-32-25-16-24(20-5-4-6-21(29)15-20)31-33(25)14-13-26(32)34/h2-12,15-16H,13-14,17H2,1H3,(H,30,35). The predicted molar refractivity (Wildman–Crippen MR) is 141 cm³/mol. The number of esters is 1. The number of halogens is 1. The topological polar surface area (TPSA) is 93.5 Å². The second-order valence-electron chi connectivity index (χ2n) is 8.54. The van der Waals surface area contributed by atoms with E-state index >= 15 is 0 Å². The summed E-state index contributed by atoms with van der Waals surface area (Å²) in [6.45, 7) is 0.851. The summed E-state index contributed by atoms with van der Waals surface area (Å²) in [5, 5.41) is 8.05. The van der Waals surface area contributed by atoms with Gasteiger partial charge in [0, 0.05) is 28.6 Å². The van der Waals surface area contributed by atoms with Gasteiger partial charge in [0.05, 0.1) is 37.1 Å². The Morgan fingerprint density at radius 2 is 1.81 bits per heavy atom. The molecular weight excluding hydrogens is 492 g/mol. The molecule has 5 rings (SSSR count). The molecule has 0 saturated heterocycles. The number of fused-ring (bicyclic) bond motifs is 1. The van der Waals surface area contributed by atoms with Crippen molar-refractivity contribution in [2.75, 3.05) is 17.3 Å². The minimum atomic E-state index is -0.532. The van der Waals surface area contributed by atoms with Gasteiger partial charge in [0.25, 0.3) is 5.91 Å². The summed E-state index contributed by atoms with van der Waals surface area (Å²) < 4.78 is 6.61. The molecule has 4 aromatic rings. The SMILES string of the molecule is COC(=O)c1ccccc1NC(=O)c1ccc(CN2C(=O)CCn3nc(-c4cccc(Cl)c4)cc32)cc1. The van der Waals surface area contributed by atoms with Gasteiger partial charge in [-0.05, 0) is 42.0 Å². The van der Waals surface area contributed by atoms with Crippen molar-refractivity contribution in [2.24, 2.45) is 0 Å². The van der Waals surface area contributed by atoms with Gasteiger partial charge in [-0.25, -0.2) is 9.48 Å². The maximum absolute atomic E-state index is 12.8. The van der Waals surface area contributed by atoms with Gasteiger partial charge in [0.15, 0.2) is 0 Å². The molecule has 0 spiro atoms. The number of amides is 2. The van der Waals surface area contributed by atoms with Gasteiger partial charge in [0.1, 0.15) is 5.82 Å². The monoisotopic (exact) mass is 514 g/mol. The number of aromatic nitrogens is 2. The van der Waals surface area contributed by atoms with Crippen molar-refractivity contribution in [3.05, 3.63) is 101 Å². The lowest BCUT2D eigenvalue weighted by atomic mass is 10.1. The van der Waals surface area contributed by atoms with E-state index in [0.717, 1.165) is 16.8 Å². The average molecular weight is 515 g/mol. The molecule has 9 heteroatoms. The van der Waals surface area contributed by atoms with Crippen LogP contribution >= 0.6 is 11.6 Å². The van der Waals surface area contributed by atoms with Crippen LogP contribution in [0.15, 0.2) is 78.9 Å². The highest BCUT2D eigenvalue weighted by atomic mass is 35.5. The van der Waals surface area contributed by atoms with Crippen LogP contribution in [-0.4, -0.2) is 34.7 Å². The molecule has 1 aromatic heterocycles. The largest absolute Gasteiger partial charge is 0.465 e. The van der Waals surface area contributed by atoms with E-state index in [2.05, 4.69) is 10.4 Å². The molecule has 186 valence electrons. The molecule has 2 heterocycles. The quantitative estimate of drug-likeness (QED) is 0.358. The zero-order valence-corrected chi connectivity index (χ0v) is 20.7. The number of carbonyl (C=O) groups excluding carboxylic acids is 3. The second-order valence-corrected chi connectivity index (χ2v) is 8.98. The third-order valence-electron chi connectivity index (χ3n) is 6.13.